The Balaban J connectivity index is 1.42. The number of aromatic amines is 1. The zero-order valence-corrected chi connectivity index (χ0v) is 23.9. The number of carbonyl (C=O) groups is 1. The van der Waals surface area contributed by atoms with E-state index >= 15 is 0 Å². The van der Waals surface area contributed by atoms with E-state index in [-0.39, 0.29) is 24.5 Å². The number of aromatic nitrogens is 3. The molecule has 41 heavy (non-hydrogen) atoms. The van der Waals surface area contributed by atoms with Crippen LogP contribution >= 0.6 is 0 Å². The number of ether oxygens (including phenoxy) is 2. The van der Waals surface area contributed by atoms with Crippen molar-refractivity contribution in [3.05, 3.63) is 60.0 Å². The van der Waals surface area contributed by atoms with Crippen LogP contribution in [-0.2, 0) is 10.0 Å². The highest BCUT2D eigenvalue weighted by atomic mass is 32.2. The summed E-state index contributed by atoms with van der Waals surface area (Å²) in [6.07, 6.45) is 6.03. The molecule has 4 aromatic rings. The number of hydrogen-bond donors (Lipinski definition) is 3. The standard InChI is InChI=1S/C29H32N6O5S/c1-17-14-31-29(36)25-26(17)34-27(28(25)33-22-8-4-7-21-19(22)9-10-24(32-21)39-2)20-11-12-30-15-23(20)40-16-18-6-5-13-35(18)41(3,37)38/h4,7-12,15,17-18,33-34H,5-6,13-14,16H2,1-3H3,(H,31,36)/t17-,18-/m1/s1. The number of methoxy groups -OCH3 is 1. The molecule has 11 nitrogen and oxygen atoms in total. The second-order valence-electron chi connectivity index (χ2n) is 10.5. The Bertz CT molecular complexity index is 1740. The molecule has 1 fully saturated rings. The number of nitrogens with zero attached hydrogens (tertiary/aromatic N) is 3. The third kappa shape index (κ3) is 5.08. The highest BCUT2D eigenvalue weighted by Crippen LogP contribution is 2.43. The van der Waals surface area contributed by atoms with Crippen LogP contribution in [0.25, 0.3) is 22.2 Å². The zero-order chi connectivity index (χ0) is 28.7. The molecule has 0 radical (unpaired) electrons. The fourth-order valence-corrected chi connectivity index (χ4v) is 6.85. The van der Waals surface area contributed by atoms with Crippen LogP contribution in [0, 0.1) is 0 Å². The molecule has 1 amide bonds. The van der Waals surface area contributed by atoms with Gasteiger partial charge in [-0.1, -0.05) is 13.0 Å². The number of hydrogen-bond acceptors (Lipinski definition) is 8. The Labute approximate surface area is 238 Å². The van der Waals surface area contributed by atoms with Crippen molar-refractivity contribution in [2.75, 3.05) is 38.4 Å². The van der Waals surface area contributed by atoms with Crippen molar-refractivity contribution in [2.45, 2.75) is 31.7 Å². The molecule has 0 aliphatic carbocycles. The molecule has 0 saturated carbocycles. The van der Waals surface area contributed by atoms with E-state index in [0.29, 0.717) is 47.2 Å². The Morgan fingerprint density at radius 2 is 2.05 bits per heavy atom. The summed E-state index contributed by atoms with van der Waals surface area (Å²) < 4.78 is 37.6. The maximum Gasteiger partial charge on any atom is 0.255 e. The van der Waals surface area contributed by atoms with Crippen LogP contribution in [0.5, 0.6) is 11.6 Å². The molecule has 1 aromatic carbocycles. The van der Waals surface area contributed by atoms with E-state index in [4.69, 9.17) is 9.47 Å². The summed E-state index contributed by atoms with van der Waals surface area (Å²) in [4.78, 5) is 25.6. The highest BCUT2D eigenvalue weighted by Gasteiger charge is 2.34. The lowest BCUT2D eigenvalue weighted by Gasteiger charge is -2.23. The zero-order valence-electron chi connectivity index (χ0n) is 23.1. The van der Waals surface area contributed by atoms with Crippen molar-refractivity contribution in [2.24, 2.45) is 0 Å². The first-order valence-corrected chi connectivity index (χ1v) is 15.4. The molecule has 12 heteroatoms. The smallest absolute Gasteiger partial charge is 0.255 e. The maximum atomic E-state index is 13.2. The van der Waals surface area contributed by atoms with Gasteiger partial charge in [0.05, 0.1) is 48.1 Å². The number of anilines is 2. The molecule has 5 heterocycles. The molecular weight excluding hydrogens is 544 g/mol. The van der Waals surface area contributed by atoms with Crippen LogP contribution in [0.3, 0.4) is 0 Å². The van der Waals surface area contributed by atoms with E-state index in [1.807, 2.05) is 30.3 Å². The number of rotatable bonds is 8. The predicted octanol–water partition coefficient (Wildman–Crippen LogP) is 4.03. The summed E-state index contributed by atoms with van der Waals surface area (Å²) in [6, 6.07) is 11.1. The van der Waals surface area contributed by atoms with Gasteiger partial charge in [-0.15, -0.1) is 0 Å². The summed E-state index contributed by atoms with van der Waals surface area (Å²) in [5.41, 5.74) is 4.90. The molecule has 0 bridgehead atoms. The predicted molar refractivity (Wildman–Crippen MR) is 156 cm³/mol. The number of H-pyrrole nitrogens is 1. The summed E-state index contributed by atoms with van der Waals surface area (Å²) in [7, 11) is -1.75. The van der Waals surface area contributed by atoms with E-state index in [9.17, 15) is 13.2 Å². The Kier molecular flexibility index (Phi) is 7.04. The summed E-state index contributed by atoms with van der Waals surface area (Å²) in [6.45, 7) is 3.26. The molecule has 0 unspecified atom stereocenters. The third-order valence-corrected chi connectivity index (χ3v) is 9.06. The van der Waals surface area contributed by atoms with Gasteiger partial charge in [-0.05, 0) is 37.1 Å². The third-order valence-electron chi connectivity index (χ3n) is 7.73. The monoisotopic (exact) mass is 576 g/mol. The van der Waals surface area contributed by atoms with Crippen LogP contribution < -0.4 is 20.1 Å². The molecular formula is C29H32N6O5S. The lowest BCUT2D eigenvalue weighted by Crippen LogP contribution is -2.38. The second kappa shape index (κ2) is 10.7. The molecule has 6 rings (SSSR count). The number of pyridine rings is 2. The highest BCUT2D eigenvalue weighted by molar-refractivity contribution is 7.88. The first-order chi connectivity index (χ1) is 19.7. The minimum absolute atomic E-state index is 0.0588. The van der Waals surface area contributed by atoms with Gasteiger partial charge in [0.15, 0.2) is 0 Å². The fraction of sp³-hybridized carbons (Fsp3) is 0.345. The normalized spacial score (nSPS) is 19.1. The quantitative estimate of drug-likeness (QED) is 0.286. The maximum absolute atomic E-state index is 13.2. The number of sulfonamides is 1. The van der Waals surface area contributed by atoms with E-state index in [1.165, 1.54) is 10.6 Å². The van der Waals surface area contributed by atoms with Crippen molar-refractivity contribution in [1.29, 1.82) is 0 Å². The fourth-order valence-electron chi connectivity index (χ4n) is 5.68. The van der Waals surface area contributed by atoms with Gasteiger partial charge in [0, 0.05) is 53.6 Å². The summed E-state index contributed by atoms with van der Waals surface area (Å²) >= 11 is 0. The topological polar surface area (TPSA) is 139 Å². The lowest BCUT2D eigenvalue weighted by molar-refractivity contribution is 0.0942. The molecule has 3 aromatic heterocycles. The summed E-state index contributed by atoms with van der Waals surface area (Å²) in [5, 5.41) is 7.39. The van der Waals surface area contributed by atoms with Crippen molar-refractivity contribution in [1.82, 2.24) is 24.6 Å². The molecule has 3 N–H and O–H groups in total. The number of nitrogens with one attached hydrogen (secondary N) is 3. The molecule has 2 atom stereocenters. The van der Waals surface area contributed by atoms with Gasteiger partial charge in [0.2, 0.25) is 15.9 Å². The van der Waals surface area contributed by atoms with Crippen molar-refractivity contribution in [3.63, 3.8) is 0 Å². The van der Waals surface area contributed by atoms with E-state index in [2.05, 4.69) is 32.5 Å². The number of carbonyl (C=O) groups excluding carboxylic acids is 1. The number of amides is 1. The average Bonchev–Trinajstić information content (AvgIpc) is 3.60. The van der Waals surface area contributed by atoms with E-state index in [0.717, 1.165) is 35.1 Å². The lowest BCUT2D eigenvalue weighted by atomic mass is 9.98. The molecule has 2 aliphatic heterocycles. The Morgan fingerprint density at radius 3 is 2.85 bits per heavy atom. The summed E-state index contributed by atoms with van der Waals surface area (Å²) in [5.74, 6) is 0.891. The van der Waals surface area contributed by atoms with Crippen molar-refractivity contribution in [3.8, 4) is 22.9 Å². The van der Waals surface area contributed by atoms with Gasteiger partial charge in [0.1, 0.15) is 12.4 Å². The number of benzene rings is 1. The largest absolute Gasteiger partial charge is 0.490 e. The average molecular weight is 577 g/mol. The van der Waals surface area contributed by atoms with Gasteiger partial charge in [-0.3, -0.25) is 9.78 Å². The van der Waals surface area contributed by atoms with Gasteiger partial charge in [-0.2, -0.15) is 4.31 Å². The van der Waals surface area contributed by atoms with Crippen molar-refractivity contribution < 1.29 is 22.7 Å². The van der Waals surface area contributed by atoms with Gasteiger partial charge < -0.3 is 25.1 Å². The number of fused-ring (bicyclic) bond motifs is 2. The SMILES string of the molecule is COc1ccc2c(Nc3c(-c4ccncc4OC[C@H]4CCCN4S(C)(=O)=O)[nH]c4c3C(=O)NC[C@H]4C)cccc2n1. The van der Waals surface area contributed by atoms with E-state index < -0.39 is 10.0 Å². The molecule has 2 aliphatic rings. The first-order valence-electron chi connectivity index (χ1n) is 13.5. The Morgan fingerprint density at radius 1 is 1.20 bits per heavy atom. The van der Waals surface area contributed by atoms with Crippen LogP contribution in [0.15, 0.2) is 48.8 Å². The van der Waals surface area contributed by atoms with Crippen LogP contribution in [0.4, 0.5) is 11.4 Å². The van der Waals surface area contributed by atoms with Crippen LogP contribution in [0.1, 0.15) is 41.7 Å². The van der Waals surface area contributed by atoms with Crippen LogP contribution in [-0.4, -0.2) is 72.7 Å². The minimum Gasteiger partial charge on any atom is -0.490 e. The molecule has 214 valence electrons. The first kappa shape index (κ1) is 27.0. The molecule has 0 spiro atoms. The van der Waals surface area contributed by atoms with Gasteiger partial charge >= 0.3 is 0 Å². The second-order valence-corrected chi connectivity index (χ2v) is 12.4. The van der Waals surface area contributed by atoms with Gasteiger partial charge in [-0.25, -0.2) is 13.4 Å². The van der Waals surface area contributed by atoms with Crippen molar-refractivity contribution >= 4 is 38.2 Å². The van der Waals surface area contributed by atoms with Crippen LogP contribution in [0.2, 0.25) is 0 Å². The van der Waals surface area contributed by atoms with Gasteiger partial charge in [0.25, 0.3) is 5.91 Å². The molecule has 1 saturated heterocycles. The van der Waals surface area contributed by atoms with E-state index in [1.54, 1.807) is 25.6 Å². The minimum atomic E-state index is -3.33. The Hall–Kier alpha value is -4.16.